The molecule has 0 fully saturated rings. The number of amides is 1. The van der Waals surface area contributed by atoms with Crippen LogP contribution in [0, 0.1) is 0 Å². The fourth-order valence-electron chi connectivity index (χ4n) is 3.62. The average molecular weight is 474 g/mol. The Balaban J connectivity index is 1.47. The summed E-state index contributed by atoms with van der Waals surface area (Å²) < 4.78 is 31.5. The maximum Gasteiger partial charge on any atom is 0.287 e. The number of rotatable bonds is 5. The number of aryl methyl sites for hydroxylation is 1. The fourth-order valence-corrected chi connectivity index (χ4v) is 5.13. The first kappa shape index (κ1) is 19.9. The molecule has 1 aliphatic carbocycles. The van der Waals surface area contributed by atoms with E-state index in [1.54, 1.807) is 18.2 Å². The van der Waals surface area contributed by atoms with Crippen LogP contribution in [0.1, 0.15) is 46.3 Å². The molecular formula is C22H20BrNO4S. The summed E-state index contributed by atoms with van der Waals surface area (Å²) in [6.07, 6.45) is 2.90. The van der Waals surface area contributed by atoms with E-state index in [1.165, 1.54) is 23.8 Å². The van der Waals surface area contributed by atoms with Gasteiger partial charge in [-0.3, -0.25) is 4.79 Å². The molecular weight excluding hydrogens is 454 g/mol. The minimum absolute atomic E-state index is 0.0625. The van der Waals surface area contributed by atoms with Crippen molar-refractivity contribution in [3.8, 4) is 0 Å². The molecule has 0 saturated carbocycles. The van der Waals surface area contributed by atoms with Gasteiger partial charge in [0.05, 0.1) is 10.9 Å². The number of fused-ring (bicyclic) bond motifs is 1. The van der Waals surface area contributed by atoms with E-state index in [9.17, 15) is 13.2 Å². The highest BCUT2D eigenvalue weighted by Crippen LogP contribution is 2.30. The molecule has 4 rings (SSSR count). The molecule has 29 heavy (non-hydrogen) atoms. The van der Waals surface area contributed by atoms with Gasteiger partial charge < -0.3 is 9.73 Å². The van der Waals surface area contributed by atoms with Gasteiger partial charge in [-0.25, -0.2) is 8.42 Å². The summed E-state index contributed by atoms with van der Waals surface area (Å²) in [6.45, 7) is 0. The number of hydrogen-bond acceptors (Lipinski definition) is 4. The minimum atomic E-state index is -3.56. The van der Waals surface area contributed by atoms with Gasteiger partial charge >= 0.3 is 0 Å². The summed E-state index contributed by atoms with van der Waals surface area (Å²) in [6, 6.07) is 17.5. The first-order valence-corrected chi connectivity index (χ1v) is 11.8. The van der Waals surface area contributed by atoms with Crippen molar-refractivity contribution in [1.29, 1.82) is 0 Å². The Morgan fingerprint density at radius 3 is 2.62 bits per heavy atom. The Bertz CT molecular complexity index is 1140. The van der Waals surface area contributed by atoms with Gasteiger partial charge in [0, 0.05) is 4.47 Å². The summed E-state index contributed by atoms with van der Waals surface area (Å²) in [5.74, 6) is -0.274. The van der Waals surface area contributed by atoms with Crippen LogP contribution in [0.25, 0.3) is 0 Å². The molecule has 0 saturated heterocycles. The van der Waals surface area contributed by atoms with E-state index in [0.29, 0.717) is 0 Å². The van der Waals surface area contributed by atoms with Crippen LogP contribution in [-0.2, 0) is 22.0 Å². The van der Waals surface area contributed by atoms with Crippen molar-refractivity contribution in [3.05, 3.63) is 87.8 Å². The molecule has 0 spiro atoms. The zero-order valence-electron chi connectivity index (χ0n) is 15.6. The maximum absolute atomic E-state index is 12.6. The van der Waals surface area contributed by atoms with Crippen LogP contribution in [0.15, 0.2) is 74.4 Å². The Labute approximate surface area is 178 Å². The van der Waals surface area contributed by atoms with E-state index in [-0.39, 0.29) is 34.1 Å². The lowest BCUT2D eigenvalue weighted by molar-refractivity contribution is 0.0903. The Morgan fingerprint density at radius 1 is 1.07 bits per heavy atom. The molecule has 1 aromatic heterocycles. The molecule has 1 aliphatic rings. The van der Waals surface area contributed by atoms with Crippen molar-refractivity contribution in [2.45, 2.75) is 36.0 Å². The second-order valence-corrected chi connectivity index (χ2v) is 10.0. The molecule has 5 nitrogen and oxygen atoms in total. The number of halogens is 1. The standard InChI is InChI=1S/C22H20BrNO4S/c23-16-8-11-18(12-9-16)29(26,27)14-17-10-13-21(28-17)22(25)24-20-7-3-5-15-4-1-2-6-19(15)20/h1-2,4,6,8-13,20H,3,5,7,14H2,(H,24,25)/t20-/m0/s1. The molecule has 2 aromatic carbocycles. The van der Waals surface area contributed by atoms with E-state index in [2.05, 4.69) is 27.3 Å². The lowest BCUT2D eigenvalue weighted by Crippen LogP contribution is -2.30. The Kier molecular flexibility index (Phi) is 5.61. The van der Waals surface area contributed by atoms with Gasteiger partial charge in [0.15, 0.2) is 15.6 Å². The Hall–Kier alpha value is -2.38. The molecule has 0 unspecified atom stereocenters. The molecule has 1 heterocycles. The smallest absolute Gasteiger partial charge is 0.287 e. The molecule has 7 heteroatoms. The zero-order valence-corrected chi connectivity index (χ0v) is 18.0. The van der Waals surface area contributed by atoms with Gasteiger partial charge in [-0.05, 0) is 66.8 Å². The molecule has 3 aromatic rings. The van der Waals surface area contributed by atoms with Crippen LogP contribution in [0.5, 0.6) is 0 Å². The van der Waals surface area contributed by atoms with E-state index in [4.69, 9.17) is 4.42 Å². The highest BCUT2D eigenvalue weighted by atomic mass is 79.9. The van der Waals surface area contributed by atoms with Crippen molar-refractivity contribution < 1.29 is 17.6 Å². The molecule has 0 bridgehead atoms. The average Bonchev–Trinajstić information content (AvgIpc) is 3.16. The molecule has 1 amide bonds. The number of furan rings is 1. The molecule has 1 N–H and O–H groups in total. The third-order valence-corrected chi connectivity index (χ3v) is 7.25. The molecule has 0 radical (unpaired) electrons. The lowest BCUT2D eigenvalue weighted by Gasteiger charge is -2.25. The first-order chi connectivity index (χ1) is 13.9. The lowest BCUT2D eigenvalue weighted by atomic mass is 9.88. The highest BCUT2D eigenvalue weighted by molar-refractivity contribution is 9.10. The number of benzene rings is 2. The van der Waals surface area contributed by atoms with Crippen molar-refractivity contribution >= 4 is 31.7 Å². The van der Waals surface area contributed by atoms with E-state index < -0.39 is 9.84 Å². The van der Waals surface area contributed by atoms with Crippen LogP contribution in [-0.4, -0.2) is 14.3 Å². The molecule has 0 aliphatic heterocycles. The summed E-state index contributed by atoms with van der Waals surface area (Å²) in [4.78, 5) is 12.9. The van der Waals surface area contributed by atoms with Gasteiger partial charge in [0.25, 0.3) is 5.91 Å². The second kappa shape index (κ2) is 8.16. The third kappa shape index (κ3) is 4.46. The number of carbonyl (C=O) groups excluding carboxylic acids is 1. The molecule has 1 atom stereocenters. The quantitative estimate of drug-likeness (QED) is 0.575. The summed E-state index contributed by atoms with van der Waals surface area (Å²) >= 11 is 3.29. The van der Waals surface area contributed by atoms with Gasteiger partial charge in [-0.15, -0.1) is 0 Å². The van der Waals surface area contributed by atoms with Crippen molar-refractivity contribution in [1.82, 2.24) is 5.32 Å². The van der Waals surface area contributed by atoms with Gasteiger partial charge in [0.2, 0.25) is 0 Å². The first-order valence-electron chi connectivity index (χ1n) is 9.38. The van der Waals surface area contributed by atoms with Gasteiger partial charge in [0.1, 0.15) is 11.5 Å². The van der Waals surface area contributed by atoms with Gasteiger partial charge in [-0.2, -0.15) is 0 Å². The SMILES string of the molecule is O=C(N[C@H]1CCCc2ccccc21)c1ccc(CS(=O)(=O)c2ccc(Br)cc2)o1. The number of sulfone groups is 1. The maximum atomic E-state index is 12.6. The van der Waals surface area contributed by atoms with E-state index in [1.807, 2.05) is 18.2 Å². The normalized spacial score (nSPS) is 16.2. The fraction of sp³-hybridized carbons (Fsp3) is 0.227. The van der Waals surface area contributed by atoms with Crippen LogP contribution < -0.4 is 5.32 Å². The molecule has 150 valence electrons. The van der Waals surface area contributed by atoms with Gasteiger partial charge in [-0.1, -0.05) is 40.2 Å². The van der Waals surface area contributed by atoms with Crippen LogP contribution in [0.4, 0.5) is 0 Å². The monoisotopic (exact) mass is 473 g/mol. The Morgan fingerprint density at radius 2 is 1.83 bits per heavy atom. The van der Waals surface area contributed by atoms with E-state index in [0.717, 1.165) is 29.3 Å². The zero-order chi connectivity index (χ0) is 20.4. The van der Waals surface area contributed by atoms with Crippen molar-refractivity contribution in [2.75, 3.05) is 0 Å². The second-order valence-electron chi connectivity index (χ2n) is 7.10. The van der Waals surface area contributed by atoms with Crippen LogP contribution in [0.2, 0.25) is 0 Å². The number of carbonyl (C=O) groups is 1. The topological polar surface area (TPSA) is 76.4 Å². The van der Waals surface area contributed by atoms with Crippen LogP contribution in [0.3, 0.4) is 0 Å². The van der Waals surface area contributed by atoms with E-state index >= 15 is 0 Å². The number of hydrogen-bond donors (Lipinski definition) is 1. The summed E-state index contributed by atoms with van der Waals surface area (Å²) in [7, 11) is -3.56. The summed E-state index contributed by atoms with van der Waals surface area (Å²) in [5, 5.41) is 3.02. The predicted octanol–water partition coefficient (Wildman–Crippen LogP) is 4.82. The highest BCUT2D eigenvalue weighted by Gasteiger charge is 2.24. The van der Waals surface area contributed by atoms with Crippen LogP contribution >= 0.6 is 15.9 Å². The minimum Gasteiger partial charge on any atom is -0.455 e. The third-order valence-electron chi connectivity index (χ3n) is 5.07. The summed E-state index contributed by atoms with van der Waals surface area (Å²) in [5.41, 5.74) is 2.39. The predicted molar refractivity (Wildman–Crippen MR) is 113 cm³/mol. The van der Waals surface area contributed by atoms with Crippen molar-refractivity contribution in [3.63, 3.8) is 0 Å². The van der Waals surface area contributed by atoms with Crippen molar-refractivity contribution in [2.24, 2.45) is 0 Å². The largest absolute Gasteiger partial charge is 0.455 e. The number of nitrogens with one attached hydrogen (secondary N) is 1.